The Morgan fingerprint density at radius 2 is 2.38 bits per heavy atom. The topological polar surface area (TPSA) is 58.6 Å². The maximum absolute atomic E-state index is 11.0. The minimum Gasteiger partial charge on any atom is -0.466 e. The van der Waals surface area contributed by atoms with Crippen LogP contribution in [0.5, 0.6) is 0 Å². The Morgan fingerprint density at radius 1 is 1.69 bits per heavy atom. The third-order valence-electron chi connectivity index (χ3n) is 1.75. The molecule has 0 saturated carbocycles. The Hall–Kier alpha value is -1.52. The van der Waals surface area contributed by atoms with Gasteiger partial charge in [-0.1, -0.05) is 0 Å². The smallest absolute Gasteiger partial charge is 0.334 e. The monoisotopic (exact) mass is 184 g/mol. The zero-order valence-corrected chi connectivity index (χ0v) is 7.66. The summed E-state index contributed by atoms with van der Waals surface area (Å²) >= 11 is 0. The zero-order valence-electron chi connectivity index (χ0n) is 7.66. The first kappa shape index (κ1) is 9.57. The van der Waals surface area contributed by atoms with Crippen LogP contribution in [0.2, 0.25) is 0 Å². The van der Waals surface area contributed by atoms with Crippen molar-refractivity contribution in [2.45, 2.75) is 6.92 Å². The van der Waals surface area contributed by atoms with Crippen LogP contribution in [0.3, 0.4) is 0 Å². The van der Waals surface area contributed by atoms with Gasteiger partial charge in [-0.15, -0.1) is 0 Å². The van der Waals surface area contributed by atoms with Gasteiger partial charge in [0.1, 0.15) is 0 Å². The van der Waals surface area contributed by atoms with E-state index in [4.69, 9.17) is 0 Å². The molecule has 1 rings (SSSR count). The molecule has 72 valence electrons. The minimum absolute atomic E-state index is 0.178. The van der Waals surface area contributed by atoms with Crippen molar-refractivity contribution in [1.82, 2.24) is 10.2 Å². The molecule has 0 bridgehead atoms. The zero-order chi connectivity index (χ0) is 9.84. The molecule has 0 atom stereocenters. The second-order valence-electron chi connectivity index (χ2n) is 2.73. The van der Waals surface area contributed by atoms with E-state index in [2.05, 4.69) is 10.1 Å². The van der Waals surface area contributed by atoms with E-state index < -0.39 is 5.97 Å². The molecule has 0 unspecified atom stereocenters. The Kier molecular flexibility index (Phi) is 2.89. The third-order valence-corrected chi connectivity index (χ3v) is 1.75. The number of hydrogen-bond donors (Lipinski definition) is 1. The molecule has 1 aliphatic rings. The number of ether oxygens (including phenoxy) is 1. The van der Waals surface area contributed by atoms with Crippen LogP contribution < -0.4 is 5.32 Å². The number of esters is 1. The van der Waals surface area contributed by atoms with E-state index in [0.717, 1.165) is 0 Å². The van der Waals surface area contributed by atoms with Gasteiger partial charge in [-0.05, 0) is 6.92 Å². The highest BCUT2D eigenvalue weighted by molar-refractivity contribution is 5.88. The van der Waals surface area contributed by atoms with Crippen molar-refractivity contribution in [1.29, 1.82) is 0 Å². The summed E-state index contributed by atoms with van der Waals surface area (Å²) < 4.78 is 4.49. The normalized spacial score (nSPS) is 17.2. The molecule has 0 aromatic carbocycles. The molecule has 1 fully saturated rings. The fourth-order valence-corrected chi connectivity index (χ4v) is 1.06. The predicted molar refractivity (Wildman–Crippen MR) is 45.9 cm³/mol. The third kappa shape index (κ3) is 2.21. The van der Waals surface area contributed by atoms with E-state index in [1.54, 1.807) is 6.92 Å². The van der Waals surface area contributed by atoms with Crippen molar-refractivity contribution in [2.24, 2.45) is 0 Å². The molecule has 13 heavy (non-hydrogen) atoms. The minimum atomic E-state index is -0.417. The number of rotatable bonds is 2. The predicted octanol–water partition coefficient (Wildman–Crippen LogP) is 0.0884. The number of nitrogens with one attached hydrogen (secondary N) is 1. The largest absolute Gasteiger partial charge is 0.466 e. The number of carbonyl (C=O) groups is 2. The molecule has 0 spiro atoms. The molecular formula is C8H12N2O3. The van der Waals surface area contributed by atoms with E-state index in [1.165, 1.54) is 18.2 Å². The van der Waals surface area contributed by atoms with Crippen molar-refractivity contribution >= 4 is 12.0 Å². The van der Waals surface area contributed by atoms with Crippen LogP contribution in [-0.4, -0.2) is 37.1 Å². The average molecular weight is 184 g/mol. The van der Waals surface area contributed by atoms with Crippen molar-refractivity contribution in [3.05, 3.63) is 11.8 Å². The SMILES string of the molecule is COC(=O)C(C)=CN1CCNC1=O. The summed E-state index contributed by atoms with van der Waals surface area (Å²) in [6.07, 6.45) is 1.49. The molecule has 0 aromatic rings. The van der Waals surface area contributed by atoms with Gasteiger partial charge in [0, 0.05) is 19.3 Å². The van der Waals surface area contributed by atoms with Crippen LogP contribution in [0.25, 0.3) is 0 Å². The van der Waals surface area contributed by atoms with Gasteiger partial charge in [0.25, 0.3) is 0 Å². The first-order valence-electron chi connectivity index (χ1n) is 3.96. The standard InChI is InChI=1S/C8H12N2O3/c1-6(7(11)13-2)5-10-4-3-9-8(10)12/h5H,3-4H2,1-2H3,(H,9,12). The summed E-state index contributed by atoms with van der Waals surface area (Å²) in [6, 6.07) is -0.178. The highest BCUT2D eigenvalue weighted by atomic mass is 16.5. The van der Waals surface area contributed by atoms with E-state index in [0.29, 0.717) is 18.7 Å². The van der Waals surface area contributed by atoms with Crippen LogP contribution >= 0.6 is 0 Å². The molecule has 0 aromatic heterocycles. The first-order chi connectivity index (χ1) is 6.15. The summed E-state index contributed by atoms with van der Waals surface area (Å²) in [6.45, 7) is 2.81. The van der Waals surface area contributed by atoms with Gasteiger partial charge in [-0.25, -0.2) is 9.59 Å². The van der Waals surface area contributed by atoms with Crippen molar-refractivity contribution in [2.75, 3.05) is 20.2 Å². The van der Waals surface area contributed by atoms with Gasteiger partial charge < -0.3 is 10.1 Å². The summed E-state index contributed by atoms with van der Waals surface area (Å²) in [7, 11) is 1.31. The maximum Gasteiger partial charge on any atom is 0.334 e. The van der Waals surface area contributed by atoms with Crippen LogP contribution in [0.1, 0.15) is 6.92 Å². The molecule has 2 amide bonds. The van der Waals surface area contributed by atoms with E-state index in [9.17, 15) is 9.59 Å². The van der Waals surface area contributed by atoms with Gasteiger partial charge in [0.15, 0.2) is 0 Å². The summed E-state index contributed by atoms with van der Waals surface area (Å²) in [4.78, 5) is 23.4. The highest BCUT2D eigenvalue weighted by Crippen LogP contribution is 2.03. The van der Waals surface area contributed by atoms with Crippen LogP contribution in [-0.2, 0) is 9.53 Å². The van der Waals surface area contributed by atoms with Crippen LogP contribution in [0.4, 0.5) is 4.79 Å². The van der Waals surface area contributed by atoms with Crippen LogP contribution in [0.15, 0.2) is 11.8 Å². The lowest BCUT2D eigenvalue weighted by Gasteiger charge is -2.08. The Morgan fingerprint density at radius 3 is 2.85 bits per heavy atom. The van der Waals surface area contributed by atoms with E-state index >= 15 is 0 Å². The van der Waals surface area contributed by atoms with Crippen LogP contribution in [0, 0.1) is 0 Å². The second kappa shape index (κ2) is 3.93. The fraction of sp³-hybridized carbons (Fsp3) is 0.500. The Balaban J connectivity index is 2.64. The maximum atomic E-state index is 11.0. The van der Waals surface area contributed by atoms with Gasteiger partial charge in [-0.3, -0.25) is 4.90 Å². The number of carbonyl (C=O) groups excluding carboxylic acids is 2. The second-order valence-corrected chi connectivity index (χ2v) is 2.73. The van der Waals surface area contributed by atoms with E-state index in [1.807, 2.05) is 0 Å². The molecule has 5 heteroatoms. The quantitative estimate of drug-likeness (QED) is 0.488. The molecule has 1 N–H and O–H groups in total. The van der Waals surface area contributed by atoms with Crippen molar-refractivity contribution < 1.29 is 14.3 Å². The van der Waals surface area contributed by atoms with Gasteiger partial charge in [0.05, 0.1) is 12.7 Å². The van der Waals surface area contributed by atoms with E-state index in [-0.39, 0.29) is 6.03 Å². The number of urea groups is 1. The molecule has 5 nitrogen and oxygen atoms in total. The highest BCUT2D eigenvalue weighted by Gasteiger charge is 2.18. The lowest BCUT2D eigenvalue weighted by Crippen LogP contribution is -2.24. The molecule has 0 radical (unpaired) electrons. The van der Waals surface area contributed by atoms with Gasteiger partial charge >= 0.3 is 12.0 Å². The number of methoxy groups -OCH3 is 1. The fourth-order valence-electron chi connectivity index (χ4n) is 1.06. The summed E-state index contributed by atoms with van der Waals surface area (Å²) in [5, 5.41) is 2.62. The molecular weight excluding hydrogens is 172 g/mol. The Bertz CT molecular complexity index is 260. The number of nitrogens with zero attached hydrogens (tertiary/aromatic N) is 1. The Labute approximate surface area is 76.3 Å². The molecule has 1 heterocycles. The number of hydrogen-bond acceptors (Lipinski definition) is 3. The average Bonchev–Trinajstić information content (AvgIpc) is 2.50. The van der Waals surface area contributed by atoms with Gasteiger partial charge in [0.2, 0.25) is 0 Å². The molecule has 1 saturated heterocycles. The number of amides is 2. The van der Waals surface area contributed by atoms with Crippen molar-refractivity contribution in [3.8, 4) is 0 Å². The first-order valence-corrected chi connectivity index (χ1v) is 3.96. The summed E-state index contributed by atoms with van der Waals surface area (Å²) in [5.41, 5.74) is 0.416. The molecule has 0 aliphatic carbocycles. The van der Waals surface area contributed by atoms with Crippen molar-refractivity contribution in [3.63, 3.8) is 0 Å². The van der Waals surface area contributed by atoms with Gasteiger partial charge in [-0.2, -0.15) is 0 Å². The lowest BCUT2D eigenvalue weighted by atomic mass is 10.3. The lowest BCUT2D eigenvalue weighted by molar-refractivity contribution is -0.136. The summed E-state index contributed by atoms with van der Waals surface area (Å²) in [5.74, 6) is -0.417. The molecule has 1 aliphatic heterocycles.